The Kier molecular flexibility index (Phi) is 4.16. The molecule has 1 N–H and O–H groups in total. The van der Waals surface area contributed by atoms with Gasteiger partial charge in [-0.2, -0.15) is 0 Å². The Morgan fingerprint density at radius 3 is 2.64 bits per heavy atom. The van der Waals surface area contributed by atoms with Crippen LogP contribution < -0.4 is 10.2 Å². The molecule has 0 saturated carbocycles. The monoisotopic (exact) mass is 360 g/mol. The van der Waals surface area contributed by atoms with Crippen LogP contribution in [-0.4, -0.2) is 19.1 Å². The zero-order valence-corrected chi connectivity index (χ0v) is 14.7. The van der Waals surface area contributed by atoms with Crippen molar-refractivity contribution in [1.82, 2.24) is 5.32 Å². The molecule has 4 rings (SSSR count). The van der Waals surface area contributed by atoms with Crippen molar-refractivity contribution in [3.63, 3.8) is 0 Å². The minimum Gasteiger partial charge on any atom is -0.381 e. The third kappa shape index (κ3) is 2.99. The molecule has 2 atom stereocenters. The first-order valence-corrected chi connectivity index (χ1v) is 8.84. The van der Waals surface area contributed by atoms with Gasteiger partial charge in [0, 0.05) is 41.5 Å². The zero-order valence-electron chi connectivity index (χ0n) is 13.9. The number of benzene rings is 2. The van der Waals surface area contributed by atoms with E-state index < -0.39 is 11.6 Å². The SMILES string of the molecule is Cc1cc(Cl)ccc1N1CCC2NC(c3c(F)cccc3F)=CC2C1. The fourth-order valence-corrected chi connectivity index (χ4v) is 4.12. The number of rotatable bonds is 2. The molecular weight excluding hydrogens is 342 g/mol. The lowest BCUT2D eigenvalue weighted by molar-refractivity contribution is 0.403. The van der Waals surface area contributed by atoms with E-state index in [-0.39, 0.29) is 17.5 Å². The van der Waals surface area contributed by atoms with Gasteiger partial charge in [-0.05, 0) is 49.2 Å². The van der Waals surface area contributed by atoms with Crippen molar-refractivity contribution < 1.29 is 8.78 Å². The maximum absolute atomic E-state index is 14.1. The molecular formula is C20H19ClF2N2. The van der Waals surface area contributed by atoms with E-state index in [0.717, 1.165) is 30.1 Å². The molecule has 0 aromatic heterocycles. The van der Waals surface area contributed by atoms with Crippen molar-refractivity contribution in [1.29, 1.82) is 0 Å². The van der Waals surface area contributed by atoms with Gasteiger partial charge < -0.3 is 10.2 Å². The van der Waals surface area contributed by atoms with Gasteiger partial charge in [-0.25, -0.2) is 8.78 Å². The average Bonchev–Trinajstić information content (AvgIpc) is 2.97. The number of fused-ring (bicyclic) bond motifs is 1. The third-order valence-electron chi connectivity index (χ3n) is 5.11. The molecule has 0 bridgehead atoms. The van der Waals surface area contributed by atoms with Crippen LogP contribution in [0, 0.1) is 24.5 Å². The molecule has 2 aliphatic rings. The van der Waals surface area contributed by atoms with E-state index >= 15 is 0 Å². The quantitative estimate of drug-likeness (QED) is 0.830. The molecule has 130 valence electrons. The van der Waals surface area contributed by atoms with Crippen LogP contribution in [0.5, 0.6) is 0 Å². The topological polar surface area (TPSA) is 15.3 Å². The summed E-state index contributed by atoms with van der Waals surface area (Å²) in [6.07, 6.45) is 2.90. The molecule has 25 heavy (non-hydrogen) atoms. The number of piperidine rings is 1. The van der Waals surface area contributed by atoms with Crippen LogP contribution in [0.1, 0.15) is 17.5 Å². The summed E-state index contributed by atoms with van der Waals surface area (Å²) in [5, 5.41) is 4.05. The number of anilines is 1. The van der Waals surface area contributed by atoms with Crippen molar-refractivity contribution in [2.75, 3.05) is 18.0 Å². The molecule has 1 fully saturated rings. The third-order valence-corrected chi connectivity index (χ3v) is 5.35. The Hall–Kier alpha value is -2.07. The summed E-state index contributed by atoms with van der Waals surface area (Å²) >= 11 is 6.05. The van der Waals surface area contributed by atoms with Crippen LogP contribution in [0.25, 0.3) is 5.70 Å². The highest BCUT2D eigenvalue weighted by Gasteiger charge is 2.34. The van der Waals surface area contributed by atoms with E-state index in [1.54, 1.807) is 0 Å². The Morgan fingerprint density at radius 2 is 1.92 bits per heavy atom. The number of hydrogen-bond acceptors (Lipinski definition) is 2. The first kappa shape index (κ1) is 16.4. The van der Waals surface area contributed by atoms with E-state index in [0.29, 0.717) is 5.70 Å². The van der Waals surface area contributed by atoms with Crippen LogP contribution >= 0.6 is 11.6 Å². The maximum atomic E-state index is 14.1. The van der Waals surface area contributed by atoms with E-state index in [1.807, 2.05) is 24.3 Å². The van der Waals surface area contributed by atoms with E-state index in [4.69, 9.17) is 11.6 Å². The summed E-state index contributed by atoms with van der Waals surface area (Å²) in [5.74, 6) is -0.830. The maximum Gasteiger partial charge on any atom is 0.135 e. The molecule has 2 aliphatic heterocycles. The van der Waals surface area contributed by atoms with Gasteiger partial charge in [-0.15, -0.1) is 0 Å². The molecule has 0 amide bonds. The number of hydrogen-bond donors (Lipinski definition) is 1. The van der Waals surface area contributed by atoms with Crippen molar-refractivity contribution in [2.24, 2.45) is 5.92 Å². The second kappa shape index (κ2) is 6.34. The molecule has 0 aliphatic carbocycles. The fourth-order valence-electron chi connectivity index (χ4n) is 3.90. The first-order chi connectivity index (χ1) is 12.0. The minimum absolute atomic E-state index is 0.0473. The largest absolute Gasteiger partial charge is 0.381 e. The van der Waals surface area contributed by atoms with Gasteiger partial charge in [0.15, 0.2) is 0 Å². The highest BCUT2D eigenvalue weighted by atomic mass is 35.5. The Morgan fingerprint density at radius 1 is 1.16 bits per heavy atom. The standard InChI is InChI=1S/C20H19ClF2N2/c1-12-9-14(21)5-6-19(12)25-8-7-17-13(11-25)10-18(24-17)20-15(22)3-2-4-16(20)23/h2-6,9-10,13,17,24H,7-8,11H2,1H3. The minimum atomic E-state index is -0.525. The number of aryl methyl sites for hydroxylation is 1. The molecule has 5 heteroatoms. The van der Waals surface area contributed by atoms with E-state index in [9.17, 15) is 8.78 Å². The predicted octanol–water partition coefficient (Wildman–Crippen LogP) is 4.77. The summed E-state index contributed by atoms with van der Waals surface area (Å²) in [5.41, 5.74) is 2.93. The second-order valence-electron chi connectivity index (χ2n) is 6.76. The van der Waals surface area contributed by atoms with Crippen molar-refractivity contribution in [3.8, 4) is 0 Å². The molecule has 1 saturated heterocycles. The lowest BCUT2D eigenvalue weighted by atomic mass is 9.93. The normalized spacial score (nSPS) is 22.4. The number of halogens is 3. The number of nitrogens with zero attached hydrogens (tertiary/aromatic N) is 1. The van der Waals surface area contributed by atoms with Gasteiger partial charge in [0.05, 0.1) is 5.56 Å². The molecule has 2 nitrogen and oxygen atoms in total. The van der Waals surface area contributed by atoms with Gasteiger partial charge in [-0.3, -0.25) is 0 Å². The molecule has 2 heterocycles. The molecule has 0 radical (unpaired) electrons. The van der Waals surface area contributed by atoms with Crippen LogP contribution in [0.15, 0.2) is 42.5 Å². The summed E-state index contributed by atoms with van der Waals surface area (Å²) in [6.45, 7) is 3.77. The first-order valence-electron chi connectivity index (χ1n) is 8.47. The van der Waals surface area contributed by atoms with Crippen LogP contribution in [0.3, 0.4) is 0 Å². The Balaban J connectivity index is 1.60. The van der Waals surface area contributed by atoms with Gasteiger partial charge >= 0.3 is 0 Å². The van der Waals surface area contributed by atoms with Crippen molar-refractivity contribution >= 4 is 23.0 Å². The average molecular weight is 361 g/mol. The molecule has 2 aromatic carbocycles. The van der Waals surface area contributed by atoms with Crippen molar-refractivity contribution in [3.05, 3.63) is 70.3 Å². The van der Waals surface area contributed by atoms with E-state index in [1.165, 1.54) is 23.9 Å². The summed E-state index contributed by atoms with van der Waals surface area (Å²) in [6, 6.07) is 10.1. The van der Waals surface area contributed by atoms with Gasteiger partial charge in [0.1, 0.15) is 11.6 Å². The summed E-state index contributed by atoms with van der Waals surface area (Å²) in [4.78, 5) is 2.33. The highest BCUT2D eigenvalue weighted by Crippen LogP contribution is 2.34. The van der Waals surface area contributed by atoms with Crippen LogP contribution in [-0.2, 0) is 0 Å². The lowest BCUT2D eigenvalue weighted by Crippen LogP contribution is -2.45. The fraction of sp³-hybridized carbons (Fsp3) is 0.300. The lowest BCUT2D eigenvalue weighted by Gasteiger charge is -2.37. The molecule has 2 unspecified atom stereocenters. The summed E-state index contributed by atoms with van der Waals surface area (Å²) < 4.78 is 28.1. The van der Waals surface area contributed by atoms with Gasteiger partial charge in [0.2, 0.25) is 0 Å². The van der Waals surface area contributed by atoms with Crippen LogP contribution in [0.2, 0.25) is 5.02 Å². The molecule has 2 aromatic rings. The molecule has 0 spiro atoms. The predicted molar refractivity (Wildman–Crippen MR) is 97.8 cm³/mol. The Bertz CT molecular complexity index is 829. The van der Waals surface area contributed by atoms with Crippen LogP contribution in [0.4, 0.5) is 14.5 Å². The van der Waals surface area contributed by atoms with Crippen molar-refractivity contribution in [2.45, 2.75) is 19.4 Å². The smallest absolute Gasteiger partial charge is 0.135 e. The summed E-state index contributed by atoms with van der Waals surface area (Å²) in [7, 11) is 0. The zero-order chi connectivity index (χ0) is 17.6. The number of nitrogens with one attached hydrogen (secondary N) is 1. The van der Waals surface area contributed by atoms with E-state index in [2.05, 4.69) is 17.1 Å². The van der Waals surface area contributed by atoms with Gasteiger partial charge in [-0.1, -0.05) is 23.7 Å². The highest BCUT2D eigenvalue weighted by molar-refractivity contribution is 6.30. The van der Waals surface area contributed by atoms with Gasteiger partial charge in [0.25, 0.3) is 0 Å². The second-order valence-corrected chi connectivity index (χ2v) is 7.19. The Labute approximate surface area is 151 Å².